The van der Waals surface area contributed by atoms with Crippen molar-refractivity contribution in [1.29, 1.82) is 0 Å². The summed E-state index contributed by atoms with van der Waals surface area (Å²) in [6.45, 7) is 2.66. The van der Waals surface area contributed by atoms with Gasteiger partial charge in [0, 0.05) is 0 Å². The van der Waals surface area contributed by atoms with E-state index in [-0.39, 0.29) is 11.8 Å². The minimum Gasteiger partial charge on any atom is -0.307 e. The second-order valence-electron chi connectivity index (χ2n) is 2.26. The zero-order chi connectivity index (χ0) is 5.98. The first-order valence-corrected chi connectivity index (χ1v) is 3.04. The number of rotatable bonds is 1. The molecule has 0 aromatic rings. The third-order valence-corrected chi connectivity index (χ3v) is 1.55. The molecule has 1 aliphatic rings. The summed E-state index contributed by atoms with van der Waals surface area (Å²) in [6.07, 6.45) is 2.19. The van der Waals surface area contributed by atoms with E-state index < -0.39 is 0 Å². The lowest BCUT2D eigenvalue weighted by atomic mass is 10.2. The highest BCUT2D eigenvalue weighted by Crippen LogP contribution is 2.04. The lowest BCUT2D eigenvalue weighted by Crippen LogP contribution is -2.28. The largest absolute Gasteiger partial charge is 0.307 e. The Morgan fingerprint density at radius 1 is 1.75 bits per heavy atom. The van der Waals surface area contributed by atoms with E-state index in [1.165, 1.54) is 0 Å². The molecule has 1 heterocycles. The van der Waals surface area contributed by atoms with Crippen LogP contribution in [0, 0.1) is 0 Å². The first kappa shape index (κ1) is 5.76. The van der Waals surface area contributed by atoms with Gasteiger partial charge in [-0.1, -0.05) is 0 Å². The molecule has 0 saturated carbocycles. The molecule has 0 aromatic carbocycles. The first-order chi connectivity index (χ1) is 3.80. The van der Waals surface area contributed by atoms with Crippen LogP contribution in [0.25, 0.3) is 0 Å². The van der Waals surface area contributed by atoms with Gasteiger partial charge in [0.25, 0.3) is 0 Å². The lowest BCUT2D eigenvalue weighted by Gasteiger charge is -2.01. The lowest BCUT2D eigenvalue weighted by molar-refractivity contribution is -0.118. The third kappa shape index (κ3) is 1.07. The van der Waals surface area contributed by atoms with Gasteiger partial charge >= 0.3 is 0 Å². The van der Waals surface area contributed by atoms with Crippen LogP contribution < -0.4 is 5.32 Å². The van der Waals surface area contributed by atoms with Crippen molar-refractivity contribution in [2.45, 2.75) is 25.8 Å². The van der Waals surface area contributed by atoms with Crippen LogP contribution in [-0.4, -0.2) is 18.4 Å². The fraction of sp³-hybridized carbons (Fsp3) is 0.833. The molecule has 0 spiro atoms. The van der Waals surface area contributed by atoms with Crippen LogP contribution in [0.15, 0.2) is 0 Å². The monoisotopic (exact) mass is 113 g/mol. The van der Waals surface area contributed by atoms with E-state index >= 15 is 0 Å². The highest BCUT2D eigenvalue weighted by atomic mass is 16.1. The van der Waals surface area contributed by atoms with Crippen molar-refractivity contribution in [3.63, 3.8) is 0 Å². The van der Waals surface area contributed by atoms with Gasteiger partial charge in [0.05, 0.1) is 6.04 Å². The highest BCUT2D eigenvalue weighted by molar-refractivity contribution is 5.81. The maximum absolute atomic E-state index is 10.6. The Labute approximate surface area is 49.3 Å². The smallest absolute Gasteiger partial charge is 0.146 e. The second-order valence-corrected chi connectivity index (χ2v) is 2.26. The van der Waals surface area contributed by atoms with Crippen molar-refractivity contribution >= 4 is 5.78 Å². The Hall–Kier alpha value is -0.370. The highest BCUT2D eigenvalue weighted by Gasteiger charge is 2.17. The van der Waals surface area contributed by atoms with E-state index in [1.54, 1.807) is 6.92 Å². The van der Waals surface area contributed by atoms with Crippen LogP contribution in [0.4, 0.5) is 0 Å². The Morgan fingerprint density at radius 3 is 2.75 bits per heavy atom. The van der Waals surface area contributed by atoms with Gasteiger partial charge in [-0.25, -0.2) is 0 Å². The average Bonchev–Trinajstić information content (AvgIpc) is 2.12. The number of carbonyl (C=O) groups is 1. The van der Waals surface area contributed by atoms with E-state index in [9.17, 15) is 4.79 Å². The molecule has 1 saturated heterocycles. The molecule has 1 rings (SSSR count). The molecule has 0 aromatic heterocycles. The molecule has 0 amide bonds. The average molecular weight is 113 g/mol. The summed E-state index contributed by atoms with van der Waals surface area (Å²) in [6, 6.07) is 0.176. The van der Waals surface area contributed by atoms with E-state index in [0.717, 1.165) is 19.4 Å². The number of hydrogen-bond acceptors (Lipinski definition) is 2. The number of Topliss-reactive ketones (excluding diaryl/α,β-unsaturated/α-hetero) is 1. The Balaban J connectivity index is 2.35. The quantitative estimate of drug-likeness (QED) is 0.531. The molecule has 46 valence electrons. The molecule has 1 unspecified atom stereocenters. The fourth-order valence-corrected chi connectivity index (χ4v) is 1.03. The van der Waals surface area contributed by atoms with Crippen LogP contribution in [0.5, 0.6) is 0 Å². The molecule has 8 heavy (non-hydrogen) atoms. The van der Waals surface area contributed by atoms with Crippen molar-refractivity contribution in [3.8, 4) is 0 Å². The normalized spacial score (nSPS) is 28.4. The van der Waals surface area contributed by atoms with Gasteiger partial charge < -0.3 is 5.32 Å². The first-order valence-electron chi connectivity index (χ1n) is 3.04. The van der Waals surface area contributed by atoms with Crippen molar-refractivity contribution < 1.29 is 4.79 Å². The number of hydrogen-bond donors (Lipinski definition) is 1. The van der Waals surface area contributed by atoms with Gasteiger partial charge in [-0.15, -0.1) is 0 Å². The van der Waals surface area contributed by atoms with Crippen LogP contribution >= 0.6 is 0 Å². The zero-order valence-corrected chi connectivity index (χ0v) is 5.11. The van der Waals surface area contributed by atoms with E-state index in [1.807, 2.05) is 0 Å². The van der Waals surface area contributed by atoms with Crippen LogP contribution in [0.1, 0.15) is 19.8 Å². The SMILES string of the molecule is CC(=O)C1CCCN1. The van der Waals surface area contributed by atoms with E-state index in [0.29, 0.717) is 0 Å². The van der Waals surface area contributed by atoms with Gasteiger partial charge in [0.2, 0.25) is 0 Å². The molecular formula is C6H11NO. The number of carbonyl (C=O) groups excluding carboxylic acids is 1. The molecular weight excluding hydrogens is 102 g/mol. The number of ketones is 1. The summed E-state index contributed by atoms with van der Waals surface area (Å²) in [5.41, 5.74) is 0. The molecule has 1 aliphatic heterocycles. The fourth-order valence-electron chi connectivity index (χ4n) is 1.03. The molecule has 2 nitrogen and oxygen atoms in total. The zero-order valence-electron chi connectivity index (χ0n) is 5.11. The van der Waals surface area contributed by atoms with Gasteiger partial charge in [-0.3, -0.25) is 4.79 Å². The minimum atomic E-state index is 0.176. The van der Waals surface area contributed by atoms with Gasteiger partial charge in [0.1, 0.15) is 5.78 Å². The Kier molecular flexibility index (Phi) is 1.63. The van der Waals surface area contributed by atoms with Gasteiger partial charge in [-0.05, 0) is 26.3 Å². The van der Waals surface area contributed by atoms with Crippen LogP contribution in [-0.2, 0) is 4.79 Å². The molecule has 2 heteroatoms. The summed E-state index contributed by atoms with van der Waals surface area (Å²) >= 11 is 0. The summed E-state index contributed by atoms with van der Waals surface area (Å²) in [7, 11) is 0. The second kappa shape index (κ2) is 2.27. The maximum Gasteiger partial charge on any atom is 0.146 e. The van der Waals surface area contributed by atoms with Crippen LogP contribution in [0.3, 0.4) is 0 Å². The Bertz CT molecular complexity index is 94.7. The van der Waals surface area contributed by atoms with E-state index in [4.69, 9.17) is 0 Å². The molecule has 0 aliphatic carbocycles. The standard InChI is InChI=1S/C6H11NO/c1-5(8)6-3-2-4-7-6/h6-7H,2-4H2,1H3. The summed E-state index contributed by atoms with van der Waals surface area (Å²) in [5, 5.41) is 3.11. The van der Waals surface area contributed by atoms with E-state index in [2.05, 4.69) is 5.32 Å². The topological polar surface area (TPSA) is 29.1 Å². The molecule has 1 atom stereocenters. The van der Waals surface area contributed by atoms with Gasteiger partial charge in [-0.2, -0.15) is 0 Å². The minimum absolute atomic E-state index is 0.176. The number of nitrogens with one attached hydrogen (secondary N) is 1. The molecule has 0 radical (unpaired) electrons. The van der Waals surface area contributed by atoms with Crippen molar-refractivity contribution in [3.05, 3.63) is 0 Å². The predicted molar refractivity (Wildman–Crippen MR) is 31.7 cm³/mol. The molecule has 1 fully saturated rings. The van der Waals surface area contributed by atoms with Crippen molar-refractivity contribution in [2.75, 3.05) is 6.54 Å². The molecule has 0 bridgehead atoms. The summed E-state index contributed by atoms with van der Waals surface area (Å²) in [5.74, 6) is 0.280. The third-order valence-electron chi connectivity index (χ3n) is 1.55. The summed E-state index contributed by atoms with van der Waals surface area (Å²) in [4.78, 5) is 10.6. The van der Waals surface area contributed by atoms with Crippen molar-refractivity contribution in [2.24, 2.45) is 0 Å². The Morgan fingerprint density at radius 2 is 2.50 bits per heavy atom. The predicted octanol–water partition coefficient (Wildman–Crippen LogP) is 0.327. The molecule has 1 N–H and O–H groups in total. The van der Waals surface area contributed by atoms with Gasteiger partial charge in [0.15, 0.2) is 0 Å². The summed E-state index contributed by atoms with van der Waals surface area (Å²) < 4.78 is 0. The van der Waals surface area contributed by atoms with Crippen molar-refractivity contribution in [1.82, 2.24) is 5.32 Å². The maximum atomic E-state index is 10.6. The van der Waals surface area contributed by atoms with Crippen LogP contribution in [0.2, 0.25) is 0 Å².